The van der Waals surface area contributed by atoms with Gasteiger partial charge in [0.15, 0.2) is 5.88 Å². The van der Waals surface area contributed by atoms with Crippen LogP contribution in [-0.4, -0.2) is 15.2 Å². The first-order valence-electron chi connectivity index (χ1n) is 6.26. The summed E-state index contributed by atoms with van der Waals surface area (Å²) in [4.78, 5) is 14.0. The van der Waals surface area contributed by atoms with E-state index in [4.69, 9.17) is 0 Å². The highest BCUT2D eigenvalue weighted by atomic mass is 16.3. The molecule has 0 saturated carbocycles. The molecule has 1 aliphatic rings. The molecule has 1 aromatic heterocycles. The molecule has 0 saturated heterocycles. The van der Waals surface area contributed by atoms with Crippen molar-refractivity contribution in [2.75, 3.05) is 0 Å². The Balaban J connectivity index is 2.11. The van der Waals surface area contributed by atoms with Gasteiger partial charge in [0.1, 0.15) is 5.75 Å². The number of hydrogen-bond donors (Lipinski definition) is 3. The van der Waals surface area contributed by atoms with Crippen LogP contribution < -0.4 is 16.0 Å². The smallest absolute Gasteiger partial charge is 0.258 e. The van der Waals surface area contributed by atoms with Crippen molar-refractivity contribution in [3.63, 3.8) is 0 Å². The van der Waals surface area contributed by atoms with Gasteiger partial charge in [-0.1, -0.05) is 30.4 Å². The molecule has 0 bridgehead atoms. The fraction of sp³-hybridized carbons (Fsp3) is 0.0625. The minimum Gasteiger partial charge on any atom is -0.508 e. The van der Waals surface area contributed by atoms with E-state index in [0.717, 1.165) is 11.1 Å². The van der Waals surface area contributed by atoms with Crippen molar-refractivity contribution in [1.82, 2.24) is 4.98 Å². The number of phenols is 1. The van der Waals surface area contributed by atoms with E-state index < -0.39 is 0 Å². The number of aromatic nitrogens is 1. The minimum atomic E-state index is -0.285. The number of nitrogens with one attached hydrogen (secondary N) is 1. The number of allylic oxidation sites excluding steroid dienone is 1. The quantitative estimate of drug-likeness (QED) is 0.716. The van der Waals surface area contributed by atoms with Gasteiger partial charge in [-0.15, -0.1) is 0 Å². The lowest BCUT2D eigenvalue weighted by molar-refractivity contribution is 0.450. The molecule has 0 radical (unpaired) electrons. The number of aromatic hydroxyl groups is 2. The lowest BCUT2D eigenvalue weighted by atomic mass is 10.0. The minimum absolute atomic E-state index is 0.142. The van der Waals surface area contributed by atoms with Crippen molar-refractivity contribution >= 4 is 18.2 Å². The summed E-state index contributed by atoms with van der Waals surface area (Å²) < 4.78 is 0. The monoisotopic (exact) mass is 267 g/mol. The molecule has 0 unspecified atom stereocenters. The number of benzene rings is 1. The number of H-pyrrole nitrogens is 1. The van der Waals surface area contributed by atoms with Crippen LogP contribution in [0.15, 0.2) is 40.7 Å². The van der Waals surface area contributed by atoms with Crippen molar-refractivity contribution in [2.24, 2.45) is 0 Å². The molecule has 1 heterocycles. The molecule has 0 aliphatic heterocycles. The van der Waals surface area contributed by atoms with Gasteiger partial charge in [-0.2, -0.15) is 0 Å². The van der Waals surface area contributed by atoms with Gasteiger partial charge in [0.05, 0.1) is 0 Å². The maximum atomic E-state index is 11.7. The Kier molecular flexibility index (Phi) is 2.91. The molecule has 0 amide bonds. The first kappa shape index (κ1) is 12.3. The van der Waals surface area contributed by atoms with E-state index in [1.807, 2.05) is 24.3 Å². The van der Waals surface area contributed by atoms with E-state index in [1.54, 1.807) is 18.2 Å². The van der Waals surface area contributed by atoms with Gasteiger partial charge in [0, 0.05) is 11.3 Å². The maximum Gasteiger partial charge on any atom is 0.258 e. The molecule has 0 spiro atoms. The lowest BCUT2D eigenvalue weighted by Gasteiger charge is -2.05. The first-order valence-corrected chi connectivity index (χ1v) is 6.26. The molecule has 3 N–H and O–H groups in total. The molecule has 1 aromatic carbocycles. The van der Waals surface area contributed by atoms with E-state index in [-0.39, 0.29) is 17.2 Å². The molecule has 0 fully saturated rings. The summed E-state index contributed by atoms with van der Waals surface area (Å²) in [6.07, 6.45) is 6.28. The largest absolute Gasteiger partial charge is 0.508 e. The second-order valence-electron chi connectivity index (χ2n) is 4.72. The van der Waals surface area contributed by atoms with Crippen LogP contribution >= 0.6 is 0 Å². The molecule has 0 atom stereocenters. The average molecular weight is 267 g/mol. The van der Waals surface area contributed by atoms with Gasteiger partial charge >= 0.3 is 0 Å². The summed E-state index contributed by atoms with van der Waals surface area (Å²) in [5.74, 6) is 0.0747. The number of hydrogen-bond acceptors (Lipinski definition) is 3. The Labute approximate surface area is 114 Å². The third-order valence-corrected chi connectivity index (χ3v) is 3.19. The highest BCUT2D eigenvalue weighted by molar-refractivity contribution is 5.69. The number of pyridine rings is 1. The second-order valence-corrected chi connectivity index (χ2v) is 4.72. The average Bonchev–Trinajstić information content (AvgIpc) is 2.38. The molecule has 3 rings (SSSR count). The summed E-state index contributed by atoms with van der Waals surface area (Å²) in [6.45, 7) is 0. The van der Waals surface area contributed by atoms with E-state index in [0.29, 0.717) is 16.9 Å². The van der Waals surface area contributed by atoms with Crippen LogP contribution in [0.25, 0.3) is 18.2 Å². The Hall–Kier alpha value is -2.75. The first-order chi connectivity index (χ1) is 9.61. The molecule has 4 heteroatoms. The van der Waals surface area contributed by atoms with Gasteiger partial charge in [0.25, 0.3) is 5.56 Å². The van der Waals surface area contributed by atoms with E-state index >= 15 is 0 Å². The van der Waals surface area contributed by atoms with Crippen molar-refractivity contribution in [3.05, 3.63) is 62.3 Å². The van der Waals surface area contributed by atoms with E-state index in [2.05, 4.69) is 4.98 Å². The summed E-state index contributed by atoms with van der Waals surface area (Å²) in [5, 5.41) is 20.2. The zero-order chi connectivity index (χ0) is 14.1. The molecular formula is C16H13NO3. The molecule has 20 heavy (non-hydrogen) atoms. The Morgan fingerprint density at radius 1 is 1.20 bits per heavy atom. The standard InChI is InChI=1S/C16H13NO3/c18-13-3-1-2-10(8-13)6-11-4-5-14-12(7-11)9-15(19)17-16(14)20/h1-3,5-9,18-19H,4H2,(H,17,20). The van der Waals surface area contributed by atoms with Crippen LogP contribution in [0, 0.1) is 0 Å². The zero-order valence-corrected chi connectivity index (χ0v) is 10.6. The SMILES string of the molecule is O=c1[nH]c(O)cc2c1=CCC(=Cc1cccc(O)c1)C=2. The van der Waals surface area contributed by atoms with Crippen molar-refractivity contribution in [1.29, 1.82) is 0 Å². The third kappa shape index (κ3) is 2.36. The highest BCUT2D eigenvalue weighted by Crippen LogP contribution is 2.17. The Morgan fingerprint density at radius 2 is 2.05 bits per heavy atom. The van der Waals surface area contributed by atoms with Gasteiger partial charge in [0.2, 0.25) is 0 Å². The van der Waals surface area contributed by atoms with Crippen LogP contribution in [0.4, 0.5) is 0 Å². The van der Waals surface area contributed by atoms with E-state index in [1.165, 1.54) is 6.07 Å². The molecule has 2 aromatic rings. The van der Waals surface area contributed by atoms with Crippen molar-refractivity contribution in [2.45, 2.75) is 6.42 Å². The number of fused-ring (bicyclic) bond motifs is 1. The van der Waals surface area contributed by atoms with Crippen molar-refractivity contribution in [3.8, 4) is 11.6 Å². The second kappa shape index (κ2) is 4.74. The Bertz CT molecular complexity index is 875. The number of rotatable bonds is 1. The maximum absolute atomic E-state index is 11.7. The zero-order valence-electron chi connectivity index (χ0n) is 10.6. The van der Waals surface area contributed by atoms with Gasteiger partial charge < -0.3 is 10.2 Å². The summed E-state index contributed by atoms with van der Waals surface area (Å²) >= 11 is 0. The molecule has 4 nitrogen and oxygen atoms in total. The fourth-order valence-corrected chi connectivity index (χ4v) is 2.31. The third-order valence-electron chi connectivity index (χ3n) is 3.19. The topological polar surface area (TPSA) is 73.3 Å². The number of phenolic OH excluding ortho intramolecular Hbond substituents is 1. The normalized spacial score (nSPS) is 15.3. The van der Waals surface area contributed by atoms with Gasteiger partial charge in [-0.25, -0.2) is 0 Å². The molecular weight excluding hydrogens is 254 g/mol. The molecule has 1 aliphatic carbocycles. The van der Waals surface area contributed by atoms with Crippen LogP contribution in [0.1, 0.15) is 12.0 Å². The fourth-order valence-electron chi connectivity index (χ4n) is 2.31. The predicted octanol–water partition coefficient (Wildman–Crippen LogP) is 0.834. The predicted molar refractivity (Wildman–Crippen MR) is 77.6 cm³/mol. The Morgan fingerprint density at radius 3 is 2.85 bits per heavy atom. The van der Waals surface area contributed by atoms with Crippen LogP contribution in [0.2, 0.25) is 0 Å². The van der Waals surface area contributed by atoms with Crippen LogP contribution in [0.5, 0.6) is 11.6 Å². The summed E-state index contributed by atoms with van der Waals surface area (Å²) in [5.41, 5.74) is 1.61. The van der Waals surface area contributed by atoms with Crippen molar-refractivity contribution < 1.29 is 10.2 Å². The lowest BCUT2D eigenvalue weighted by Crippen LogP contribution is -2.41. The van der Waals surface area contributed by atoms with Crippen LogP contribution in [-0.2, 0) is 0 Å². The summed E-state index contributed by atoms with van der Waals surface area (Å²) in [6, 6.07) is 8.49. The van der Waals surface area contributed by atoms with E-state index in [9.17, 15) is 15.0 Å². The van der Waals surface area contributed by atoms with Gasteiger partial charge in [-0.05, 0) is 34.9 Å². The van der Waals surface area contributed by atoms with Crippen LogP contribution in [0.3, 0.4) is 0 Å². The van der Waals surface area contributed by atoms with Gasteiger partial charge in [-0.3, -0.25) is 9.78 Å². The molecule has 100 valence electrons. The summed E-state index contributed by atoms with van der Waals surface area (Å²) in [7, 11) is 0. The number of aromatic amines is 1. The highest BCUT2D eigenvalue weighted by Gasteiger charge is 2.04.